The molecule has 0 spiro atoms. The fraction of sp³-hybridized carbons (Fsp3) is 0.125. The molecule has 0 saturated carbocycles. The highest BCUT2D eigenvalue weighted by molar-refractivity contribution is 14.1. The third kappa shape index (κ3) is 2.35. The van der Waals surface area contributed by atoms with Crippen LogP contribution in [0, 0.1) is 3.57 Å². The molecule has 0 aromatic heterocycles. The van der Waals surface area contributed by atoms with E-state index >= 15 is 0 Å². The fourth-order valence-electron chi connectivity index (χ4n) is 0.794. The second kappa shape index (κ2) is 4.61. The lowest BCUT2D eigenvalue weighted by atomic mass is 10.2. The van der Waals surface area contributed by atoms with Crippen LogP contribution in [0.5, 0.6) is 0 Å². The van der Waals surface area contributed by atoms with Crippen molar-refractivity contribution < 1.29 is 9.53 Å². The number of hydrogen-bond acceptors (Lipinski definition) is 2. The molecule has 0 radical (unpaired) electrons. The van der Waals surface area contributed by atoms with Gasteiger partial charge in [-0.05, 0) is 50.7 Å². The van der Waals surface area contributed by atoms with Gasteiger partial charge in [-0.25, -0.2) is 4.79 Å². The van der Waals surface area contributed by atoms with Crippen molar-refractivity contribution >= 4 is 56.1 Å². The van der Waals surface area contributed by atoms with Gasteiger partial charge >= 0.3 is 5.97 Å². The van der Waals surface area contributed by atoms with Crippen LogP contribution in [0.15, 0.2) is 16.6 Å². The van der Waals surface area contributed by atoms with Crippen LogP contribution in [0.1, 0.15) is 10.4 Å². The molecule has 5 heteroatoms. The molecule has 0 fully saturated rings. The standard InChI is InChI=1S/C8H5BrClIO2/c1-13-8(12)4-2-3-5(9)7(11)6(4)10/h2-3H,1H3. The van der Waals surface area contributed by atoms with E-state index in [0.29, 0.717) is 10.6 Å². The van der Waals surface area contributed by atoms with Gasteiger partial charge in [0.05, 0.1) is 17.7 Å². The van der Waals surface area contributed by atoms with E-state index < -0.39 is 5.97 Å². The summed E-state index contributed by atoms with van der Waals surface area (Å²) in [5, 5.41) is 0.418. The predicted molar refractivity (Wildman–Crippen MR) is 63.2 cm³/mol. The Morgan fingerprint density at radius 3 is 2.77 bits per heavy atom. The van der Waals surface area contributed by atoms with Crippen molar-refractivity contribution in [2.45, 2.75) is 0 Å². The average molecular weight is 375 g/mol. The largest absolute Gasteiger partial charge is 0.465 e. The molecule has 0 atom stereocenters. The third-order valence-electron chi connectivity index (χ3n) is 1.44. The molecule has 1 rings (SSSR count). The highest BCUT2D eigenvalue weighted by Crippen LogP contribution is 2.29. The Labute approximate surface area is 103 Å². The van der Waals surface area contributed by atoms with Crippen molar-refractivity contribution in [3.63, 3.8) is 0 Å². The summed E-state index contributed by atoms with van der Waals surface area (Å²) in [5.41, 5.74) is 0.386. The lowest BCUT2D eigenvalue weighted by molar-refractivity contribution is 0.0601. The number of carbonyl (C=O) groups excluding carboxylic acids is 1. The number of methoxy groups -OCH3 is 1. The normalized spacial score (nSPS) is 9.85. The number of rotatable bonds is 1. The maximum Gasteiger partial charge on any atom is 0.339 e. The van der Waals surface area contributed by atoms with Gasteiger partial charge in [0.1, 0.15) is 0 Å². The molecule has 0 bridgehead atoms. The van der Waals surface area contributed by atoms with Crippen molar-refractivity contribution in [2.75, 3.05) is 7.11 Å². The SMILES string of the molecule is COC(=O)c1ccc(Br)c(I)c1Cl. The van der Waals surface area contributed by atoms with Gasteiger partial charge in [-0.3, -0.25) is 0 Å². The van der Waals surface area contributed by atoms with Gasteiger partial charge in [0.2, 0.25) is 0 Å². The zero-order valence-corrected chi connectivity index (χ0v) is 11.1. The van der Waals surface area contributed by atoms with Gasteiger partial charge in [0.15, 0.2) is 0 Å². The summed E-state index contributed by atoms with van der Waals surface area (Å²) in [6, 6.07) is 3.39. The van der Waals surface area contributed by atoms with E-state index in [0.717, 1.165) is 8.04 Å². The Morgan fingerprint density at radius 2 is 2.23 bits per heavy atom. The van der Waals surface area contributed by atoms with Crippen LogP contribution in [0.2, 0.25) is 5.02 Å². The quantitative estimate of drug-likeness (QED) is 0.427. The molecule has 0 amide bonds. The van der Waals surface area contributed by atoms with E-state index in [2.05, 4.69) is 43.3 Å². The lowest BCUT2D eigenvalue weighted by Gasteiger charge is -2.04. The minimum atomic E-state index is -0.421. The van der Waals surface area contributed by atoms with Crippen molar-refractivity contribution in [3.8, 4) is 0 Å². The van der Waals surface area contributed by atoms with E-state index in [1.165, 1.54) is 7.11 Å². The Bertz CT molecular complexity index is 354. The van der Waals surface area contributed by atoms with Crippen LogP contribution in [-0.4, -0.2) is 13.1 Å². The molecule has 0 unspecified atom stereocenters. The number of halogens is 3. The first-order valence-electron chi connectivity index (χ1n) is 3.29. The summed E-state index contributed by atoms with van der Waals surface area (Å²) in [4.78, 5) is 11.2. The van der Waals surface area contributed by atoms with E-state index in [-0.39, 0.29) is 0 Å². The Balaban J connectivity index is 3.26. The van der Waals surface area contributed by atoms with E-state index in [4.69, 9.17) is 11.6 Å². The maximum absolute atomic E-state index is 11.2. The maximum atomic E-state index is 11.2. The third-order valence-corrected chi connectivity index (χ3v) is 4.67. The van der Waals surface area contributed by atoms with Gasteiger partial charge < -0.3 is 4.74 Å². The van der Waals surface area contributed by atoms with Gasteiger partial charge in [0, 0.05) is 8.04 Å². The molecule has 0 N–H and O–H groups in total. The number of hydrogen-bond donors (Lipinski definition) is 0. The number of carbonyl (C=O) groups is 1. The van der Waals surface area contributed by atoms with Crippen LogP contribution in [0.4, 0.5) is 0 Å². The van der Waals surface area contributed by atoms with E-state index in [1.54, 1.807) is 12.1 Å². The van der Waals surface area contributed by atoms with Gasteiger partial charge in [-0.1, -0.05) is 11.6 Å². The zero-order chi connectivity index (χ0) is 10.0. The average Bonchev–Trinajstić information content (AvgIpc) is 2.13. The molecule has 0 saturated heterocycles. The molecule has 1 aromatic carbocycles. The Kier molecular flexibility index (Phi) is 4.00. The molecule has 0 heterocycles. The van der Waals surface area contributed by atoms with Crippen LogP contribution < -0.4 is 0 Å². The summed E-state index contributed by atoms with van der Waals surface area (Å²) in [6.07, 6.45) is 0. The van der Waals surface area contributed by atoms with E-state index in [1.807, 2.05) is 0 Å². The van der Waals surface area contributed by atoms with Crippen LogP contribution >= 0.6 is 50.1 Å². The van der Waals surface area contributed by atoms with Crippen LogP contribution in [-0.2, 0) is 4.74 Å². The van der Waals surface area contributed by atoms with E-state index in [9.17, 15) is 4.79 Å². The van der Waals surface area contributed by atoms with Crippen molar-refractivity contribution in [1.82, 2.24) is 0 Å². The molecular formula is C8H5BrClIO2. The first kappa shape index (κ1) is 11.3. The highest BCUT2D eigenvalue weighted by atomic mass is 127. The summed E-state index contributed by atoms with van der Waals surface area (Å²) < 4.78 is 6.24. The molecule has 0 aliphatic rings. The lowest BCUT2D eigenvalue weighted by Crippen LogP contribution is -2.02. The molecular weight excluding hydrogens is 370 g/mol. The molecule has 1 aromatic rings. The minimum absolute atomic E-state index is 0.386. The van der Waals surface area contributed by atoms with Crippen molar-refractivity contribution in [2.24, 2.45) is 0 Å². The predicted octanol–water partition coefficient (Wildman–Crippen LogP) is 3.49. The second-order valence-electron chi connectivity index (χ2n) is 2.21. The zero-order valence-electron chi connectivity index (χ0n) is 6.61. The van der Waals surface area contributed by atoms with Crippen molar-refractivity contribution in [3.05, 3.63) is 30.8 Å². The molecule has 2 nitrogen and oxygen atoms in total. The monoisotopic (exact) mass is 374 g/mol. The molecule has 0 aliphatic carbocycles. The number of esters is 1. The van der Waals surface area contributed by atoms with Gasteiger partial charge in [-0.15, -0.1) is 0 Å². The topological polar surface area (TPSA) is 26.3 Å². The minimum Gasteiger partial charge on any atom is -0.465 e. The molecule has 70 valence electrons. The van der Waals surface area contributed by atoms with Gasteiger partial charge in [-0.2, -0.15) is 0 Å². The summed E-state index contributed by atoms with van der Waals surface area (Å²) in [5.74, 6) is -0.421. The van der Waals surface area contributed by atoms with Gasteiger partial charge in [0.25, 0.3) is 0 Å². The smallest absolute Gasteiger partial charge is 0.339 e. The summed E-state index contributed by atoms with van der Waals surface area (Å²) in [7, 11) is 1.33. The number of benzene rings is 1. The first-order valence-corrected chi connectivity index (χ1v) is 5.54. The molecule has 13 heavy (non-hydrogen) atoms. The number of ether oxygens (including phenoxy) is 1. The van der Waals surface area contributed by atoms with Crippen LogP contribution in [0.25, 0.3) is 0 Å². The first-order chi connectivity index (χ1) is 6.07. The van der Waals surface area contributed by atoms with Crippen molar-refractivity contribution in [1.29, 1.82) is 0 Å². The fourth-order valence-corrected chi connectivity index (χ4v) is 1.95. The summed E-state index contributed by atoms with van der Waals surface area (Å²) >= 11 is 11.3. The van der Waals surface area contributed by atoms with Crippen LogP contribution in [0.3, 0.4) is 0 Å². The molecule has 0 aliphatic heterocycles. The Morgan fingerprint density at radius 1 is 1.62 bits per heavy atom. The second-order valence-corrected chi connectivity index (χ2v) is 4.53. The Hall–Kier alpha value is 0.190. The highest BCUT2D eigenvalue weighted by Gasteiger charge is 2.14. The summed E-state index contributed by atoms with van der Waals surface area (Å²) in [6.45, 7) is 0.